The van der Waals surface area contributed by atoms with Crippen molar-refractivity contribution in [1.29, 1.82) is 0 Å². The summed E-state index contributed by atoms with van der Waals surface area (Å²) in [6.45, 7) is 0. The fourth-order valence-electron chi connectivity index (χ4n) is 2.94. The van der Waals surface area contributed by atoms with Crippen LogP contribution >= 0.6 is 0 Å². The third kappa shape index (κ3) is 3.33. The topological polar surface area (TPSA) is 126 Å². The van der Waals surface area contributed by atoms with E-state index < -0.39 is 19.7 Å². The molecule has 0 saturated carbocycles. The normalized spacial score (nSPS) is 12.8. The van der Waals surface area contributed by atoms with Gasteiger partial charge in [0.15, 0.2) is 19.7 Å². The van der Waals surface area contributed by atoms with Gasteiger partial charge in [-0.15, -0.1) is 0 Å². The van der Waals surface area contributed by atoms with Gasteiger partial charge in [-0.25, -0.2) is 26.8 Å². The van der Waals surface area contributed by atoms with E-state index in [1.54, 1.807) is 0 Å². The van der Waals surface area contributed by atoms with Crippen LogP contribution in [-0.4, -0.2) is 49.3 Å². The number of H-pyrrole nitrogens is 2. The number of hydrogen-bond donors (Lipinski definition) is 2. The molecule has 2 aromatic carbocycles. The first kappa shape index (κ1) is 17.7. The van der Waals surface area contributed by atoms with Crippen molar-refractivity contribution in [2.24, 2.45) is 0 Å². The monoisotopic (exact) mass is 404 g/mol. The van der Waals surface area contributed by atoms with E-state index in [1.807, 2.05) is 24.3 Å². The van der Waals surface area contributed by atoms with E-state index in [4.69, 9.17) is 0 Å². The van der Waals surface area contributed by atoms with Gasteiger partial charge in [0, 0.05) is 12.5 Å². The second kappa shape index (κ2) is 5.89. The Morgan fingerprint density at radius 2 is 1.52 bits per heavy atom. The van der Waals surface area contributed by atoms with Crippen molar-refractivity contribution in [1.82, 2.24) is 19.9 Å². The molecular weight excluding hydrogens is 388 g/mol. The molecule has 0 bridgehead atoms. The summed E-state index contributed by atoms with van der Waals surface area (Å²) in [6, 6.07) is 10.1. The molecule has 2 N–H and O–H groups in total. The highest BCUT2D eigenvalue weighted by molar-refractivity contribution is 7.91. The summed E-state index contributed by atoms with van der Waals surface area (Å²) in [5.74, 6) is 1.15. The highest BCUT2D eigenvalue weighted by atomic mass is 32.2. The quantitative estimate of drug-likeness (QED) is 0.534. The van der Waals surface area contributed by atoms with Gasteiger partial charge in [-0.05, 0) is 24.3 Å². The van der Waals surface area contributed by atoms with Crippen LogP contribution in [0.15, 0.2) is 46.2 Å². The second-order valence-electron chi connectivity index (χ2n) is 6.42. The lowest BCUT2D eigenvalue weighted by Crippen LogP contribution is -2.03. The van der Waals surface area contributed by atoms with Crippen LogP contribution in [0.3, 0.4) is 0 Å². The van der Waals surface area contributed by atoms with Crippen molar-refractivity contribution >= 4 is 41.7 Å². The van der Waals surface area contributed by atoms with Gasteiger partial charge in [0.1, 0.15) is 17.2 Å². The zero-order chi connectivity index (χ0) is 19.4. The molecule has 140 valence electrons. The Bertz CT molecular complexity index is 1370. The number of sulfone groups is 2. The predicted octanol–water partition coefficient (Wildman–Crippen LogP) is 1.84. The number of benzene rings is 2. The maximum Gasteiger partial charge on any atom is 0.177 e. The van der Waals surface area contributed by atoms with Crippen LogP contribution in [0.2, 0.25) is 0 Å². The molecule has 0 fully saturated rings. The van der Waals surface area contributed by atoms with E-state index in [9.17, 15) is 16.8 Å². The molecule has 4 rings (SSSR count). The minimum absolute atomic E-state index is 0.0747. The van der Waals surface area contributed by atoms with Crippen LogP contribution in [-0.2, 0) is 26.1 Å². The molecule has 0 atom stereocenters. The van der Waals surface area contributed by atoms with Crippen molar-refractivity contribution in [2.75, 3.05) is 12.5 Å². The minimum Gasteiger partial charge on any atom is -0.342 e. The summed E-state index contributed by atoms with van der Waals surface area (Å²) in [7, 11) is -7.24. The third-order valence-electron chi connectivity index (χ3n) is 4.18. The first-order chi connectivity index (χ1) is 12.6. The SMILES string of the molecule is CS(=O)(=O)c1cc(S(C)(=O)=O)c2nc(Cc3nc4ccccc4[nH]3)[nH]c2c1. The van der Waals surface area contributed by atoms with E-state index in [0.29, 0.717) is 23.6 Å². The number of fused-ring (bicyclic) bond motifs is 2. The molecule has 8 nitrogen and oxygen atoms in total. The van der Waals surface area contributed by atoms with Crippen molar-refractivity contribution in [3.63, 3.8) is 0 Å². The Balaban J connectivity index is 1.85. The van der Waals surface area contributed by atoms with E-state index in [2.05, 4.69) is 19.9 Å². The van der Waals surface area contributed by atoms with Crippen molar-refractivity contribution < 1.29 is 16.8 Å². The van der Waals surface area contributed by atoms with Crippen LogP contribution in [0.25, 0.3) is 22.1 Å². The number of rotatable bonds is 4. The molecule has 4 aromatic rings. The number of imidazole rings is 2. The zero-order valence-electron chi connectivity index (χ0n) is 14.5. The average molecular weight is 404 g/mol. The largest absolute Gasteiger partial charge is 0.342 e. The number of aromatic amines is 2. The summed E-state index contributed by atoms with van der Waals surface area (Å²) in [6.07, 6.45) is 2.38. The fraction of sp³-hybridized carbons (Fsp3) is 0.176. The van der Waals surface area contributed by atoms with Gasteiger partial charge in [0.25, 0.3) is 0 Å². The number of para-hydroxylation sites is 2. The van der Waals surface area contributed by atoms with Gasteiger partial charge in [0.2, 0.25) is 0 Å². The molecule has 10 heteroatoms. The summed E-state index contributed by atoms with van der Waals surface area (Å²) in [5.41, 5.74) is 2.28. The smallest absolute Gasteiger partial charge is 0.177 e. The maximum atomic E-state index is 12.1. The second-order valence-corrected chi connectivity index (χ2v) is 10.4. The van der Waals surface area contributed by atoms with Gasteiger partial charge in [0.05, 0.1) is 32.8 Å². The Kier molecular flexibility index (Phi) is 3.86. The van der Waals surface area contributed by atoms with Crippen LogP contribution in [0, 0.1) is 0 Å². The van der Waals surface area contributed by atoms with Gasteiger partial charge >= 0.3 is 0 Å². The Morgan fingerprint density at radius 1 is 0.852 bits per heavy atom. The summed E-state index contributed by atoms with van der Waals surface area (Å²) < 4.78 is 48.1. The summed E-state index contributed by atoms with van der Waals surface area (Å²) in [4.78, 5) is 14.9. The van der Waals surface area contributed by atoms with Crippen molar-refractivity contribution in [3.8, 4) is 0 Å². The first-order valence-corrected chi connectivity index (χ1v) is 11.8. The standard InChI is InChI=1S/C17H16N4O4S2/c1-26(22,23)10-7-13-17(14(8-10)27(2,24)25)21-16(20-13)9-15-18-11-5-3-4-6-12(11)19-15/h3-8H,9H2,1-2H3,(H,18,19)(H,20,21). The van der Waals surface area contributed by atoms with E-state index in [0.717, 1.165) is 29.6 Å². The molecule has 0 radical (unpaired) electrons. The fourth-order valence-corrected chi connectivity index (χ4v) is 4.53. The Labute approximate surface area is 155 Å². The van der Waals surface area contributed by atoms with Crippen molar-refractivity contribution in [3.05, 3.63) is 48.0 Å². The minimum atomic E-state index is -3.66. The number of aromatic nitrogens is 4. The van der Waals surface area contributed by atoms with Crippen LogP contribution < -0.4 is 0 Å². The summed E-state index contributed by atoms with van der Waals surface area (Å²) >= 11 is 0. The zero-order valence-corrected chi connectivity index (χ0v) is 16.1. The van der Waals surface area contributed by atoms with Gasteiger partial charge in [-0.3, -0.25) is 0 Å². The summed E-state index contributed by atoms with van der Waals surface area (Å²) in [5, 5.41) is 0. The molecule has 27 heavy (non-hydrogen) atoms. The van der Waals surface area contributed by atoms with Crippen LogP contribution in [0.5, 0.6) is 0 Å². The maximum absolute atomic E-state index is 12.1. The van der Waals surface area contributed by atoms with Crippen LogP contribution in [0.4, 0.5) is 0 Å². The highest BCUT2D eigenvalue weighted by Crippen LogP contribution is 2.26. The number of nitrogens with zero attached hydrogens (tertiary/aromatic N) is 2. The van der Waals surface area contributed by atoms with Crippen molar-refractivity contribution in [2.45, 2.75) is 16.2 Å². The lowest BCUT2D eigenvalue weighted by molar-refractivity contribution is 0.601. The molecular formula is C17H16N4O4S2. The molecule has 0 spiro atoms. The third-order valence-corrected chi connectivity index (χ3v) is 6.38. The first-order valence-electron chi connectivity index (χ1n) is 7.97. The number of hydrogen-bond acceptors (Lipinski definition) is 6. The molecule has 0 saturated heterocycles. The van der Waals surface area contributed by atoms with Gasteiger partial charge in [-0.1, -0.05) is 12.1 Å². The lowest BCUT2D eigenvalue weighted by atomic mass is 10.3. The van der Waals surface area contributed by atoms with Crippen LogP contribution in [0.1, 0.15) is 11.6 Å². The lowest BCUT2D eigenvalue weighted by Gasteiger charge is -2.03. The molecule has 2 aromatic heterocycles. The molecule has 0 aliphatic rings. The van der Waals surface area contributed by atoms with Gasteiger partial charge in [-0.2, -0.15) is 0 Å². The average Bonchev–Trinajstić information content (AvgIpc) is 3.14. The Morgan fingerprint density at radius 3 is 2.19 bits per heavy atom. The van der Waals surface area contributed by atoms with E-state index in [1.165, 1.54) is 6.07 Å². The Hall–Kier alpha value is -2.72. The highest BCUT2D eigenvalue weighted by Gasteiger charge is 2.21. The predicted molar refractivity (Wildman–Crippen MR) is 101 cm³/mol. The van der Waals surface area contributed by atoms with E-state index in [-0.39, 0.29) is 15.3 Å². The molecule has 0 amide bonds. The molecule has 0 aliphatic heterocycles. The molecule has 2 heterocycles. The van der Waals surface area contributed by atoms with E-state index >= 15 is 0 Å². The number of nitrogens with one attached hydrogen (secondary N) is 2. The van der Waals surface area contributed by atoms with Gasteiger partial charge < -0.3 is 9.97 Å². The molecule has 0 unspecified atom stereocenters. The molecule has 0 aliphatic carbocycles.